The monoisotopic (exact) mass is 837 g/mol. The summed E-state index contributed by atoms with van der Waals surface area (Å²) in [7, 11) is 1.96. The van der Waals surface area contributed by atoms with Crippen LogP contribution in [-0.2, 0) is 27.4 Å². The van der Waals surface area contributed by atoms with Gasteiger partial charge in [0.15, 0.2) is 11.5 Å². The van der Waals surface area contributed by atoms with E-state index < -0.39 is 30.0 Å². The van der Waals surface area contributed by atoms with Crippen LogP contribution in [0, 0.1) is 5.92 Å². The first-order valence-electron chi connectivity index (χ1n) is 20.3. The quantitative estimate of drug-likeness (QED) is 0.0754. The fourth-order valence-corrected chi connectivity index (χ4v) is 6.53. The number of anilines is 4. The molecular weight excluding hydrogens is 783 g/mol. The topological polar surface area (TPSA) is 258 Å². The smallest absolute Gasteiger partial charge is 0.407 e. The lowest BCUT2D eigenvalue weighted by Gasteiger charge is -2.22. The second-order valence-electron chi connectivity index (χ2n) is 15.1. The number of carbonyl (C=O) groups excluding carboxylic acids is 5. The molecule has 0 fully saturated rings. The number of rotatable bonds is 16. The number of ether oxygens (including phenoxy) is 2. The minimum Gasteiger partial charge on any atom is -0.493 e. The predicted molar refractivity (Wildman–Crippen MR) is 232 cm³/mol. The molecule has 0 spiro atoms. The van der Waals surface area contributed by atoms with Gasteiger partial charge in [0.25, 0.3) is 5.91 Å². The highest BCUT2D eigenvalue weighted by atomic mass is 16.5. The molecule has 18 heteroatoms. The van der Waals surface area contributed by atoms with Crippen molar-refractivity contribution in [3.8, 4) is 17.0 Å². The maximum absolute atomic E-state index is 13.3. The van der Waals surface area contributed by atoms with Crippen molar-refractivity contribution in [2.24, 2.45) is 11.7 Å². The Kier molecular flexibility index (Phi) is 16.6. The van der Waals surface area contributed by atoms with Gasteiger partial charge in [0.05, 0.1) is 36.1 Å². The largest absolute Gasteiger partial charge is 0.493 e. The summed E-state index contributed by atoms with van der Waals surface area (Å²) in [5.74, 6) is -0.270. The maximum Gasteiger partial charge on any atom is 0.407 e. The van der Waals surface area contributed by atoms with Crippen LogP contribution in [0.3, 0.4) is 0 Å². The zero-order chi connectivity index (χ0) is 43.7. The molecule has 5 rings (SSSR count). The molecule has 2 aromatic heterocycles. The van der Waals surface area contributed by atoms with Crippen LogP contribution in [0.15, 0.2) is 67.1 Å². The number of benzene rings is 2. The average Bonchev–Trinajstić information content (AvgIpc) is 3.23. The standard InChI is InChI=1S/C43H55N11O7/c1-27(2)22-37(55)51-32(9-6-17-47-42(45)58)40(56)50-31-13-10-28(11-14-31)26-61-43(59)48-18-7-21-60-36-15-12-29-23-30(36)8-4-5-20-54(3)35-16-19-46-24-34(35)53-41(57)38-39(44)49-25-33(29)52-38/h10-16,19,23-25,27,32H,4-9,17-18,20-22,26H2,1-3H3,(H2,44,49)(H,48,59)(H,50,56)(H,51,55)(H,53,57)(H3,45,47,58)/t32-/m0/s1. The van der Waals surface area contributed by atoms with E-state index in [0.29, 0.717) is 60.8 Å². The highest BCUT2D eigenvalue weighted by molar-refractivity contribution is 6.07. The highest BCUT2D eigenvalue weighted by Crippen LogP contribution is 2.30. The highest BCUT2D eigenvalue weighted by Gasteiger charge is 2.22. The number of primary amides is 1. The molecule has 1 atom stereocenters. The van der Waals surface area contributed by atoms with Crippen LogP contribution in [-0.4, -0.2) is 84.1 Å². The van der Waals surface area contributed by atoms with E-state index in [1.165, 1.54) is 0 Å². The van der Waals surface area contributed by atoms with Crippen molar-refractivity contribution in [2.45, 2.75) is 71.4 Å². The Balaban J connectivity index is 1.09. The zero-order valence-electron chi connectivity index (χ0n) is 34.8. The number of urea groups is 1. The normalized spacial score (nSPS) is 13.0. The number of fused-ring (bicyclic) bond motifs is 6. The van der Waals surface area contributed by atoms with Crippen LogP contribution in [0.2, 0.25) is 0 Å². The number of pyridine rings is 1. The molecule has 61 heavy (non-hydrogen) atoms. The van der Waals surface area contributed by atoms with Crippen molar-refractivity contribution in [3.63, 3.8) is 0 Å². The van der Waals surface area contributed by atoms with E-state index >= 15 is 0 Å². The first kappa shape index (κ1) is 45.1. The minimum absolute atomic E-state index is 0.0110. The van der Waals surface area contributed by atoms with Gasteiger partial charge in [-0.25, -0.2) is 19.6 Å². The van der Waals surface area contributed by atoms with E-state index in [-0.39, 0.29) is 42.9 Å². The summed E-state index contributed by atoms with van der Waals surface area (Å²) in [6, 6.07) is 12.9. The third-order valence-corrected chi connectivity index (χ3v) is 9.67. The molecule has 18 nitrogen and oxygen atoms in total. The maximum atomic E-state index is 13.3. The van der Waals surface area contributed by atoms with Gasteiger partial charge in [-0.05, 0) is 92.0 Å². The van der Waals surface area contributed by atoms with Crippen LogP contribution >= 0.6 is 0 Å². The Bertz CT molecular complexity index is 2150. The third-order valence-electron chi connectivity index (χ3n) is 9.67. The summed E-state index contributed by atoms with van der Waals surface area (Å²) in [6.07, 6.45) is 8.25. The average molecular weight is 838 g/mol. The first-order chi connectivity index (χ1) is 29.4. The van der Waals surface area contributed by atoms with Crippen LogP contribution < -0.4 is 47.7 Å². The van der Waals surface area contributed by atoms with E-state index in [0.717, 1.165) is 42.6 Å². The van der Waals surface area contributed by atoms with Crippen LogP contribution in [0.25, 0.3) is 11.3 Å². The molecule has 0 saturated carbocycles. The number of aryl methyl sites for hydroxylation is 1. The van der Waals surface area contributed by atoms with E-state index in [1.54, 1.807) is 42.9 Å². The predicted octanol–water partition coefficient (Wildman–Crippen LogP) is 4.76. The van der Waals surface area contributed by atoms with Gasteiger partial charge in [0.1, 0.15) is 18.4 Å². The number of nitrogen functional groups attached to an aromatic ring is 1. The molecule has 9 N–H and O–H groups in total. The Morgan fingerprint density at radius 3 is 2.54 bits per heavy atom. The number of aromatic nitrogens is 3. The van der Waals surface area contributed by atoms with Gasteiger partial charge in [-0.15, -0.1) is 0 Å². The van der Waals surface area contributed by atoms with Gasteiger partial charge in [0, 0.05) is 50.6 Å². The minimum atomic E-state index is -0.805. The number of nitrogens with one attached hydrogen (secondary N) is 5. The van der Waals surface area contributed by atoms with Gasteiger partial charge in [-0.2, -0.15) is 0 Å². The Hall–Kier alpha value is -6.98. The number of nitrogens with two attached hydrogens (primary N) is 2. The molecule has 2 aromatic carbocycles. The number of alkyl carbamates (subject to hydrolysis) is 1. The van der Waals surface area contributed by atoms with Gasteiger partial charge < -0.3 is 52.4 Å². The molecule has 1 aliphatic rings. The summed E-state index contributed by atoms with van der Waals surface area (Å²) in [6.45, 7) is 5.51. The lowest BCUT2D eigenvalue weighted by molar-refractivity contribution is -0.127. The molecule has 1 aliphatic heterocycles. The number of hydrogen-bond acceptors (Lipinski definition) is 12. The Morgan fingerprint density at radius 2 is 1.77 bits per heavy atom. The summed E-state index contributed by atoms with van der Waals surface area (Å²) in [4.78, 5) is 77.4. The molecule has 4 bridgehead atoms. The molecule has 0 saturated heterocycles. The van der Waals surface area contributed by atoms with Crippen molar-refractivity contribution in [1.29, 1.82) is 0 Å². The fraction of sp³-hybridized carbons (Fsp3) is 0.395. The molecule has 3 heterocycles. The zero-order valence-corrected chi connectivity index (χ0v) is 34.8. The second kappa shape index (κ2) is 22.4. The van der Waals surface area contributed by atoms with Crippen LogP contribution in [0.5, 0.6) is 5.75 Å². The Labute approximate surface area is 355 Å². The molecule has 0 radical (unpaired) electrons. The van der Waals surface area contributed by atoms with Crippen molar-refractivity contribution in [2.75, 3.05) is 54.6 Å². The summed E-state index contributed by atoms with van der Waals surface area (Å²) in [5.41, 5.74) is 16.0. The lowest BCUT2D eigenvalue weighted by atomic mass is 10.0. The molecule has 324 valence electrons. The molecule has 6 amide bonds. The van der Waals surface area contributed by atoms with Crippen LogP contribution in [0.4, 0.5) is 32.5 Å². The van der Waals surface area contributed by atoms with E-state index in [9.17, 15) is 24.0 Å². The summed E-state index contributed by atoms with van der Waals surface area (Å²) in [5, 5.41) is 13.7. The third kappa shape index (κ3) is 14.1. The van der Waals surface area contributed by atoms with Crippen molar-refractivity contribution >= 4 is 52.7 Å². The summed E-state index contributed by atoms with van der Waals surface area (Å²) < 4.78 is 11.6. The lowest BCUT2D eigenvalue weighted by Crippen LogP contribution is -2.44. The van der Waals surface area contributed by atoms with E-state index in [4.69, 9.17) is 20.9 Å². The Morgan fingerprint density at radius 1 is 0.984 bits per heavy atom. The van der Waals surface area contributed by atoms with Gasteiger partial charge in [0.2, 0.25) is 11.8 Å². The number of nitrogens with zero attached hydrogens (tertiary/aromatic N) is 4. The van der Waals surface area contributed by atoms with E-state index in [2.05, 4.69) is 46.4 Å². The van der Waals surface area contributed by atoms with Gasteiger partial charge >= 0.3 is 12.1 Å². The number of hydrogen-bond donors (Lipinski definition) is 7. The molecule has 4 aromatic rings. The first-order valence-corrected chi connectivity index (χ1v) is 20.3. The number of carbonyl (C=O) groups is 5. The van der Waals surface area contributed by atoms with Crippen LogP contribution in [0.1, 0.15) is 74.0 Å². The SMILES string of the molecule is CC(C)CC(=O)N[C@@H](CCCNC(N)=O)C(=O)Nc1ccc(COC(=O)NCCCOc2ccc3cc2CCCCN(C)c2ccncc2NC(=O)c2nc-3cnc2N)cc1. The van der Waals surface area contributed by atoms with Crippen molar-refractivity contribution in [3.05, 3.63) is 83.9 Å². The summed E-state index contributed by atoms with van der Waals surface area (Å²) >= 11 is 0. The fourth-order valence-electron chi connectivity index (χ4n) is 6.53. The van der Waals surface area contributed by atoms with Crippen molar-refractivity contribution < 1.29 is 33.4 Å². The second-order valence-corrected chi connectivity index (χ2v) is 15.1. The molecule has 0 aliphatic carbocycles. The van der Waals surface area contributed by atoms with E-state index in [1.807, 2.05) is 45.2 Å². The van der Waals surface area contributed by atoms with Crippen molar-refractivity contribution in [1.82, 2.24) is 30.9 Å². The van der Waals surface area contributed by atoms with Gasteiger partial charge in [-0.3, -0.25) is 19.4 Å². The molecular formula is C43H55N11O7. The number of amides is 6. The molecule has 0 unspecified atom stereocenters. The van der Waals surface area contributed by atoms with Gasteiger partial charge in [-0.1, -0.05) is 26.0 Å².